The Bertz CT molecular complexity index is 309. The number of rotatable bonds is 6. The Morgan fingerprint density at radius 3 is 2.93 bits per heavy atom. The van der Waals surface area contributed by atoms with Gasteiger partial charge >= 0.3 is 0 Å². The molecular formula is C13H19NO. The maximum absolute atomic E-state index is 5.19. The number of nitrogens with one attached hydrogen (secondary N) is 1. The molecule has 0 fully saturated rings. The van der Waals surface area contributed by atoms with Gasteiger partial charge in [0.15, 0.2) is 0 Å². The fourth-order valence-corrected chi connectivity index (χ4v) is 1.47. The van der Waals surface area contributed by atoms with Gasteiger partial charge in [0.2, 0.25) is 0 Å². The summed E-state index contributed by atoms with van der Waals surface area (Å²) in [6, 6.07) is 8.27. The summed E-state index contributed by atoms with van der Waals surface area (Å²) in [7, 11) is 1.68. The van der Waals surface area contributed by atoms with E-state index in [0.29, 0.717) is 0 Å². The van der Waals surface area contributed by atoms with Crippen molar-refractivity contribution in [2.75, 3.05) is 13.7 Å². The lowest BCUT2D eigenvalue weighted by atomic mass is 10.1. The van der Waals surface area contributed by atoms with Crippen LogP contribution in [0.4, 0.5) is 0 Å². The van der Waals surface area contributed by atoms with Crippen LogP contribution in [0.25, 0.3) is 0 Å². The van der Waals surface area contributed by atoms with Gasteiger partial charge in [-0.15, -0.1) is 6.58 Å². The molecule has 1 aromatic carbocycles. The van der Waals surface area contributed by atoms with Crippen LogP contribution < -0.4 is 10.1 Å². The summed E-state index contributed by atoms with van der Waals surface area (Å²) in [6.07, 6.45) is 3.04. The first-order valence-electron chi connectivity index (χ1n) is 5.31. The van der Waals surface area contributed by atoms with E-state index >= 15 is 0 Å². The average molecular weight is 205 g/mol. The SMILES string of the molecule is C=CC(NCCC)c1cccc(OC)c1. The molecule has 1 atom stereocenters. The van der Waals surface area contributed by atoms with Gasteiger partial charge in [0, 0.05) is 0 Å². The fourth-order valence-electron chi connectivity index (χ4n) is 1.47. The van der Waals surface area contributed by atoms with E-state index in [9.17, 15) is 0 Å². The van der Waals surface area contributed by atoms with E-state index < -0.39 is 0 Å². The topological polar surface area (TPSA) is 21.3 Å². The molecule has 1 unspecified atom stereocenters. The largest absolute Gasteiger partial charge is 0.497 e. The number of benzene rings is 1. The zero-order chi connectivity index (χ0) is 11.1. The van der Waals surface area contributed by atoms with Crippen LogP contribution in [-0.4, -0.2) is 13.7 Å². The average Bonchev–Trinajstić information content (AvgIpc) is 2.30. The Morgan fingerprint density at radius 1 is 1.53 bits per heavy atom. The van der Waals surface area contributed by atoms with Crippen molar-refractivity contribution in [2.45, 2.75) is 19.4 Å². The lowest BCUT2D eigenvalue weighted by molar-refractivity contribution is 0.413. The summed E-state index contributed by atoms with van der Waals surface area (Å²) in [5.41, 5.74) is 1.19. The van der Waals surface area contributed by atoms with Crippen LogP contribution >= 0.6 is 0 Å². The molecule has 0 bridgehead atoms. The van der Waals surface area contributed by atoms with Gasteiger partial charge in [-0.25, -0.2) is 0 Å². The highest BCUT2D eigenvalue weighted by Gasteiger charge is 2.06. The molecule has 0 saturated heterocycles. The minimum absolute atomic E-state index is 0.208. The van der Waals surface area contributed by atoms with E-state index in [4.69, 9.17) is 4.74 Å². The molecule has 0 spiro atoms. The molecule has 0 amide bonds. The van der Waals surface area contributed by atoms with E-state index in [1.165, 1.54) is 5.56 Å². The van der Waals surface area contributed by atoms with Crippen LogP contribution in [0.2, 0.25) is 0 Å². The number of hydrogen-bond acceptors (Lipinski definition) is 2. The van der Waals surface area contributed by atoms with Gasteiger partial charge in [-0.1, -0.05) is 25.1 Å². The highest BCUT2D eigenvalue weighted by atomic mass is 16.5. The standard InChI is InChI=1S/C13H19NO/c1-4-9-14-13(5-2)11-7-6-8-12(10-11)15-3/h5-8,10,13-14H,2,4,9H2,1,3H3. The van der Waals surface area contributed by atoms with Crippen LogP contribution in [0.15, 0.2) is 36.9 Å². The molecule has 0 aliphatic heterocycles. The first kappa shape index (κ1) is 11.8. The van der Waals surface area contributed by atoms with Gasteiger partial charge in [-0.2, -0.15) is 0 Å². The van der Waals surface area contributed by atoms with Gasteiger partial charge in [0.05, 0.1) is 13.2 Å². The monoisotopic (exact) mass is 205 g/mol. The second-order valence-electron chi connectivity index (χ2n) is 3.44. The van der Waals surface area contributed by atoms with Gasteiger partial charge in [-0.05, 0) is 30.7 Å². The molecule has 2 nitrogen and oxygen atoms in total. The van der Waals surface area contributed by atoms with E-state index in [-0.39, 0.29) is 6.04 Å². The summed E-state index contributed by atoms with van der Waals surface area (Å²) in [5.74, 6) is 0.887. The Kier molecular flexibility index (Phi) is 4.91. The highest BCUT2D eigenvalue weighted by Crippen LogP contribution is 2.19. The zero-order valence-corrected chi connectivity index (χ0v) is 9.49. The normalized spacial score (nSPS) is 12.1. The lowest BCUT2D eigenvalue weighted by Crippen LogP contribution is -2.20. The molecule has 0 heterocycles. The molecule has 0 saturated carbocycles. The first-order chi connectivity index (χ1) is 7.31. The number of ether oxygens (including phenoxy) is 1. The van der Waals surface area contributed by atoms with Crippen molar-refractivity contribution in [3.05, 3.63) is 42.5 Å². The molecule has 0 aliphatic carbocycles. The second kappa shape index (κ2) is 6.25. The minimum atomic E-state index is 0.208. The zero-order valence-electron chi connectivity index (χ0n) is 9.49. The van der Waals surface area contributed by atoms with Crippen LogP contribution in [0, 0.1) is 0 Å². The van der Waals surface area contributed by atoms with E-state index in [2.05, 4.69) is 24.9 Å². The van der Waals surface area contributed by atoms with Crippen LogP contribution in [0.1, 0.15) is 24.9 Å². The summed E-state index contributed by atoms with van der Waals surface area (Å²) < 4.78 is 5.19. The van der Waals surface area contributed by atoms with Crippen molar-refractivity contribution in [1.29, 1.82) is 0 Å². The molecule has 1 N–H and O–H groups in total. The van der Waals surface area contributed by atoms with Crippen molar-refractivity contribution in [3.8, 4) is 5.75 Å². The van der Waals surface area contributed by atoms with Crippen LogP contribution in [-0.2, 0) is 0 Å². The van der Waals surface area contributed by atoms with Gasteiger partial charge < -0.3 is 10.1 Å². The summed E-state index contributed by atoms with van der Waals surface area (Å²) >= 11 is 0. The third-order valence-electron chi connectivity index (χ3n) is 2.30. The molecule has 2 heteroatoms. The van der Waals surface area contributed by atoms with Crippen molar-refractivity contribution < 1.29 is 4.74 Å². The fraction of sp³-hybridized carbons (Fsp3) is 0.385. The van der Waals surface area contributed by atoms with Crippen molar-refractivity contribution in [1.82, 2.24) is 5.32 Å². The van der Waals surface area contributed by atoms with Gasteiger partial charge in [0.25, 0.3) is 0 Å². The smallest absolute Gasteiger partial charge is 0.119 e. The van der Waals surface area contributed by atoms with Crippen molar-refractivity contribution in [2.24, 2.45) is 0 Å². The third kappa shape index (κ3) is 3.40. The Balaban J connectivity index is 2.76. The molecular weight excluding hydrogens is 186 g/mol. The van der Waals surface area contributed by atoms with Crippen molar-refractivity contribution >= 4 is 0 Å². The Hall–Kier alpha value is -1.28. The molecule has 0 radical (unpaired) electrons. The van der Waals surface area contributed by atoms with Crippen LogP contribution in [0.5, 0.6) is 5.75 Å². The number of methoxy groups -OCH3 is 1. The van der Waals surface area contributed by atoms with E-state index in [1.807, 2.05) is 24.3 Å². The maximum atomic E-state index is 5.19. The predicted octanol–water partition coefficient (Wildman–Crippen LogP) is 2.92. The van der Waals surface area contributed by atoms with E-state index in [1.54, 1.807) is 7.11 Å². The summed E-state index contributed by atoms with van der Waals surface area (Å²) in [6.45, 7) is 6.99. The second-order valence-corrected chi connectivity index (χ2v) is 3.44. The maximum Gasteiger partial charge on any atom is 0.119 e. The van der Waals surface area contributed by atoms with Crippen molar-refractivity contribution in [3.63, 3.8) is 0 Å². The summed E-state index contributed by atoms with van der Waals surface area (Å²) in [5, 5.41) is 3.41. The predicted molar refractivity (Wildman–Crippen MR) is 64.2 cm³/mol. The number of hydrogen-bond donors (Lipinski definition) is 1. The quantitative estimate of drug-likeness (QED) is 0.721. The lowest BCUT2D eigenvalue weighted by Gasteiger charge is -2.15. The van der Waals surface area contributed by atoms with E-state index in [0.717, 1.165) is 18.7 Å². The molecule has 82 valence electrons. The first-order valence-corrected chi connectivity index (χ1v) is 5.31. The minimum Gasteiger partial charge on any atom is -0.497 e. The molecule has 0 aromatic heterocycles. The molecule has 15 heavy (non-hydrogen) atoms. The van der Waals surface area contributed by atoms with Gasteiger partial charge in [-0.3, -0.25) is 0 Å². The molecule has 1 aromatic rings. The molecule has 0 aliphatic rings. The highest BCUT2D eigenvalue weighted by molar-refractivity contribution is 5.32. The molecule has 1 rings (SSSR count). The summed E-state index contributed by atoms with van der Waals surface area (Å²) in [4.78, 5) is 0. The Morgan fingerprint density at radius 2 is 2.33 bits per heavy atom. The van der Waals surface area contributed by atoms with Gasteiger partial charge in [0.1, 0.15) is 5.75 Å². The van der Waals surface area contributed by atoms with Crippen LogP contribution in [0.3, 0.4) is 0 Å². The Labute approximate surface area is 92.0 Å². The third-order valence-corrected chi connectivity index (χ3v) is 2.30.